The van der Waals surface area contributed by atoms with Crippen LogP contribution in [0, 0.1) is 5.92 Å². The maximum absolute atomic E-state index is 11.4. The van der Waals surface area contributed by atoms with Crippen molar-refractivity contribution in [2.24, 2.45) is 11.7 Å². The molecule has 82 valence electrons. The standard InChI is InChI=1S/C9H19N3OS/c1-6(12(3)4)5-11-9(13)7(2)8(10)14/h6-7H,5H2,1-4H3,(H2,10,14)(H,11,13). The van der Waals surface area contributed by atoms with Crippen molar-refractivity contribution < 1.29 is 4.79 Å². The van der Waals surface area contributed by atoms with Gasteiger partial charge in [0.05, 0.1) is 10.9 Å². The lowest BCUT2D eigenvalue weighted by molar-refractivity contribution is -0.122. The zero-order valence-corrected chi connectivity index (χ0v) is 10.0. The van der Waals surface area contributed by atoms with E-state index in [1.807, 2.05) is 25.9 Å². The summed E-state index contributed by atoms with van der Waals surface area (Å²) in [6, 6.07) is 0.303. The minimum absolute atomic E-state index is 0.105. The first-order valence-corrected chi connectivity index (χ1v) is 5.00. The summed E-state index contributed by atoms with van der Waals surface area (Å²) in [6.07, 6.45) is 0. The monoisotopic (exact) mass is 217 g/mol. The van der Waals surface area contributed by atoms with Crippen molar-refractivity contribution in [3.63, 3.8) is 0 Å². The number of rotatable bonds is 5. The molecule has 0 spiro atoms. The third-order valence-corrected chi connectivity index (χ3v) is 2.63. The molecule has 2 atom stereocenters. The van der Waals surface area contributed by atoms with Crippen LogP contribution in [-0.2, 0) is 4.79 Å². The number of nitrogens with two attached hydrogens (primary N) is 1. The molecule has 1 amide bonds. The Hall–Kier alpha value is -0.680. The van der Waals surface area contributed by atoms with Gasteiger partial charge in [0.25, 0.3) is 0 Å². The molecule has 4 nitrogen and oxygen atoms in total. The van der Waals surface area contributed by atoms with Crippen molar-refractivity contribution in [2.45, 2.75) is 19.9 Å². The fourth-order valence-corrected chi connectivity index (χ4v) is 0.820. The predicted molar refractivity (Wildman–Crippen MR) is 62.1 cm³/mol. The van der Waals surface area contributed by atoms with Gasteiger partial charge in [-0.05, 0) is 27.9 Å². The van der Waals surface area contributed by atoms with Crippen molar-refractivity contribution >= 4 is 23.1 Å². The van der Waals surface area contributed by atoms with Crippen LogP contribution in [0.5, 0.6) is 0 Å². The molecule has 0 aromatic rings. The highest BCUT2D eigenvalue weighted by molar-refractivity contribution is 7.80. The smallest absolute Gasteiger partial charge is 0.229 e. The molecule has 5 heteroatoms. The van der Waals surface area contributed by atoms with Crippen molar-refractivity contribution in [3.8, 4) is 0 Å². The SMILES string of the molecule is CC(C(=O)NCC(C)N(C)C)C(N)=S. The van der Waals surface area contributed by atoms with E-state index in [4.69, 9.17) is 18.0 Å². The van der Waals surface area contributed by atoms with Crippen LogP contribution < -0.4 is 11.1 Å². The van der Waals surface area contributed by atoms with Crippen LogP contribution in [-0.4, -0.2) is 42.5 Å². The summed E-state index contributed by atoms with van der Waals surface area (Å²) in [5, 5.41) is 2.80. The molecule has 0 bridgehead atoms. The highest BCUT2D eigenvalue weighted by Gasteiger charge is 2.16. The van der Waals surface area contributed by atoms with Gasteiger partial charge in [-0.2, -0.15) is 0 Å². The Balaban J connectivity index is 3.91. The number of thiocarbonyl (C=S) groups is 1. The van der Waals surface area contributed by atoms with Crippen molar-refractivity contribution in [1.82, 2.24) is 10.2 Å². The normalized spacial score (nSPS) is 14.9. The first-order valence-electron chi connectivity index (χ1n) is 4.59. The van der Waals surface area contributed by atoms with E-state index >= 15 is 0 Å². The predicted octanol–water partition coefficient (Wildman–Crippen LogP) is -0.0251. The number of hydrogen-bond acceptors (Lipinski definition) is 3. The van der Waals surface area contributed by atoms with Gasteiger partial charge >= 0.3 is 0 Å². The molecular weight excluding hydrogens is 198 g/mol. The molecule has 0 saturated carbocycles. The Morgan fingerprint density at radius 3 is 2.36 bits per heavy atom. The fraction of sp³-hybridized carbons (Fsp3) is 0.778. The highest BCUT2D eigenvalue weighted by atomic mass is 32.1. The molecule has 0 fully saturated rings. The minimum Gasteiger partial charge on any atom is -0.393 e. The Kier molecular flexibility index (Phi) is 5.64. The molecule has 2 unspecified atom stereocenters. The summed E-state index contributed by atoms with van der Waals surface area (Å²) in [5.74, 6) is -0.495. The Bertz CT molecular complexity index is 218. The lowest BCUT2D eigenvalue weighted by Gasteiger charge is -2.20. The number of likely N-dealkylation sites (N-methyl/N-ethyl adjacent to an activating group) is 1. The van der Waals surface area contributed by atoms with E-state index in [2.05, 4.69) is 5.32 Å². The molecule has 0 heterocycles. The molecule has 0 saturated heterocycles. The van der Waals surface area contributed by atoms with Crippen LogP contribution >= 0.6 is 12.2 Å². The van der Waals surface area contributed by atoms with Gasteiger partial charge < -0.3 is 16.0 Å². The molecule has 0 aromatic heterocycles. The first kappa shape index (κ1) is 13.3. The number of hydrogen-bond donors (Lipinski definition) is 2. The molecule has 0 aliphatic carbocycles. The van der Waals surface area contributed by atoms with E-state index in [1.54, 1.807) is 6.92 Å². The Morgan fingerprint density at radius 2 is 2.00 bits per heavy atom. The van der Waals surface area contributed by atoms with E-state index < -0.39 is 0 Å². The third kappa shape index (κ3) is 4.53. The second kappa shape index (κ2) is 5.93. The van der Waals surface area contributed by atoms with Gasteiger partial charge in [-0.25, -0.2) is 0 Å². The van der Waals surface area contributed by atoms with Crippen molar-refractivity contribution in [1.29, 1.82) is 0 Å². The van der Waals surface area contributed by atoms with Crippen LogP contribution in [0.3, 0.4) is 0 Å². The van der Waals surface area contributed by atoms with Gasteiger partial charge in [-0.3, -0.25) is 4.79 Å². The summed E-state index contributed by atoms with van der Waals surface area (Å²) >= 11 is 4.73. The van der Waals surface area contributed by atoms with E-state index in [0.29, 0.717) is 12.6 Å². The summed E-state index contributed by atoms with van der Waals surface area (Å²) in [4.78, 5) is 13.7. The van der Waals surface area contributed by atoms with Crippen molar-refractivity contribution in [3.05, 3.63) is 0 Å². The van der Waals surface area contributed by atoms with E-state index in [9.17, 15) is 4.79 Å². The summed E-state index contributed by atoms with van der Waals surface area (Å²) in [6.45, 7) is 4.35. The number of carbonyl (C=O) groups excluding carboxylic acids is 1. The molecule has 14 heavy (non-hydrogen) atoms. The number of carbonyl (C=O) groups is 1. The lowest BCUT2D eigenvalue weighted by atomic mass is 10.1. The average Bonchev–Trinajstić information content (AvgIpc) is 2.11. The largest absolute Gasteiger partial charge is 0.393 e. The Labute approximate surface area is 90.8 Å². The zero-order valence-electron chi connectivity index (χ0n) is 9.20. The maximum atomic E-state index is 11.4. The Morgan fingerprint density at radius 1 is 1.50 bits per heavy atom. The summed E-state index contributed by atoms with van der Waals surface area (Å²) in [5.41, 5.74) is 5.36. The van der Waals surface area contributed by atoms with Gasteiger partial charge in [0.15, 0.2) is 0 Å². The second-order valence-electron chi connectivity index (χ2n) is 3.68. The minimum atomic E-state index is -0.389. The van der Waals surface area contributed by atoms with Gasteiger partial charge in [0.2, 0.25) is 5.91 Å². The fourth-order valence-electron chi connectivity index (χ4n) is 0.713. The second-order valence-corrected chi connectivity index (χ2v) is 4.15. The van der Waals surface area contributed by atoms with E-state index in [1.165, 1.54) is 0 Å². The first-order chi connectivity index (χ1) is 6.36. The van der Waals surface area contributed by atoms with Crippen molar-refractivity contribution in [2.75, 3.05) is 20.6 Å². The molecule has 0 aromatic carbocycles. The van der Waals surface area contributed by atoms with Gasteiger partial charge in [-0.1, -0.05) is 12.2 Å². The molecule has 3 N–H and O–H groups in total. The zero-order chi connectivity index (χ0) is 11.3. The van der Waals surface area contributed by atoms with Gasteiger partial charge in [0.1, 0.15) is 0 Å². The maximum Gasteiger partial charge on any atom is 0.229 e. The van der Waals surface area contributed by atoms with Gasteiger partial charge in [0, 0.05) is 12.6 Å². The summed E-state index contributed by atoms with van der Waals surface area (Å²) < 4.78 is 0. The third-order valence-electron chi connectivity index (χ3n) is 2.27. The van der Waals surface area contributed by atoms with E-state index in [-0.39, 0.29) is 16.8 Å². The molecule has 0 aliphatic heterocycles. The average molecular weight is 217 g/mol. The topological polar surface area (TPSA) is 58.4 Å². The van der Waals surface area contributed by atoms with E-state index in [0.717, 1.165) is 0 Å². The highest BCUT2D eigenvalue weighted by Crippen LogP contribution is 1.96. The lowest BCUT2D eigenvalue weighted by Crippen LogP contribution is -2.42. The number of nitrogens with one attached hydrogen (secondary N) is 1. The van der Waals surface area contributed by atoms with Crippen LogP contribution in [0.4, 0.5) is 0 Å². The molecule has 0 rings (SSSR count). The molecular formula is C9H19N3OS. The number of amides is 1. The quantitative estimate of drug-likeness (QED) is 0.635. The molecule has 0 aliphatic rings. The summed E-state index contributed by atoms with van der Waals surface area (Å²) in [7, 11) is 3.93. The van der Waals surface area contributed by atoms with Crippen LogP contribution in [0.2, 0.25) is 0 Å². The number of nitrogens with zero attached hydrogens (tertiary/aromatic N) is 1. The van der Waals surface area contributed by atoms with Gasteiger partial charge in [-0.15, -0.1) is 0 Å². The van der Waals surface area contributed by atoms with Crippen LogP contribution in [0.15, 0.2) is 0 Å². The van der Waals surface area contributed by atoms with Crippen LogP contribution in [0.25, 0.3) is 0 Å². The van der Waals surface area contributed by atoms with Crippen LogP contribution in [0.1, 0.15) is 13.8 Å². The molecule has 0 radical (unpaired) electrons.